The summed E-state index contributed by atoms with van der Waals surface area (Å²) in [6.07, 6.45) is -1.16. The van der Waals surface area contributed by atoms with Gasteiger partial charge in [-0.25, -0.2) is 0 Å². The summed E-state index contributed by atoms with van der Waals surface area (Å²) in [5, 5.41) is 0. The minimum atomic E-state index is -4.25. The van der Waals surface area contributed by atoms with Gasteiger partial charge in [0.05, 0.1) is 5.56 Å². The standard InChI is InChI=1S/C22H27F3N2.2ClH/c23-22(24,25)21-10-8-20(9-11-21)12-14-27-17-15-26(16-18-27)13-4-7-19-5-2-1-3-6-19;;/h1-3,5-6,8-11H,4,7,12-18H2;2*1H. The lowest BCUT2D eigenvalue weighted by molar-refractivity contribution is -0.137. The average Bonchev–Trinajstić information content (AvgIpc) is 2.68. The molecule has 0 saturated carbocycles. The Hall–Kier alpha value is -1.27. The number of benzene rings is 2. The highest BCUT2D eigenvalue weighted by atomic mass is 35.5. The number of piperazine rings is 1. The van der Waals surface area contributed by atoms with Gasteiger partial charge >= 0.3 is 6.18 Å². The van der Waals surface area contributed by atoms with Gasteiger partial charge in [0.25, 0.3) is 0 Å². The van der Waals surface area contributed by atoms with Gasteiger partial charge < -0.3 is 9.80 Å². The number of aryl methyl sites for hydroxylation is 1. The molecule has 3 rings (SSSR count). The largest absolute Gasteiger partial charge is 0.416 e. The Morgan fingerprint density at radius 1 is 0.655 bits per heavy atom. The Kier molecular flexibility index (Phi) is 11.0. The van der Waals surface area contributed by atoms with E-state index < -0.39 is 11.7 Å². The number of hydrogen-bond acceptors (Lipinski definition) is 2. The highest BCUT2D eigenvalue weighted by molar-refractivity contribution is 5.85. The topological polar surface area (TPSA) is 6.48 Å². The zero-order valence-corrected chi connectivity index (χ0v) is 18.0. The fourth-order valence-corrected chi connectivity index (χ4v) is 3.54. The molecule has 1 aliphatic heterocycles. The molecule has 1 saturated heterocycles. The zero-order chi connectivity index (χ0) is 19.1. The zero-order valence-electron chi connectivity index (χ0n) is 16.4. The molecule has 0 radical (unpaired) electrons. The van der Waals surface area contributed by atoms with Crippen LogP contribution in [0.3, 0.4) is 0 Å². The predicted molar refractivity (Wildman–Crippen MR) is 117 cm³/mol. The fourth-order valence-electron chi connectivity index (χ4n) is 3.54. The van der Waals surface area contributed by atoms with Crippen LogP contribution in [-0.2, 0) is 19.0 Å². The van der Waals surface area contributed by atoms with Gasteiger partial charge in [-0.3, -0.25) is 0 Å². The maximum Gasteiger partial charge on any atom is 0.416 e. The highest BCUT2D eigenvalue weighted by Gasteiger charge is 2.29. The smallest absolute Gasteiger partial charge is 0.301 e. The van der Waals surface area contributed by atoms with Crippen molar-refractivity contribution < 1.29 is 13.2 Å². The van der Waals surface area contributed by atoms with Crippen molar-refractivity contribution in [3.63, 3.8) is 0 Å². The van der Waals surface area contributed by atoms with Crippen molar-refractivity contribution in [1.82, 2.24) is 9.80 Å². The Labute approximate surface area is 183 Å². The Balaban J connectivity index is 0.00000210. The van der Waals surface area contributed by atoms with E-state index in [1.165, 1.54) is 24.1 Å². The van der Waals surface area contributed by atoms with Gasteiger partial charge in [0.1, 0.15) is 0 Å². The molecule has 162 valence electrons. The van der Waals surface area contributed by atoms with E-state index in [9.17, 15) is 13.2 Å². The third-order valence-corrected chi connectivity index (χ3v) is 5.25. The van der Waals surface area contributed by atoms with E-state index in [0.29, 0.717) is 0 Å². The maximum atomic E-state index is 12.6. The lowest BCUT2D eigenvalue weighted by Gasteiger charge is -2.34. The molecule has 7 heteroatoms. The summed E-state index contributed by atoms with van der Waals surface area (Å²) in [5.74, 6) is 0. The number of halogens is 5. The highest BCUT2D eigenvalue weighted by Crippen LogP contribution is 2.29. The van der Waals surface area contributed by atoms with Gasteiger partial charge in [0.15, 0.2) is 0 Å². The molecule has 0 N–H and O–H groups in total. The molecule has 2 aromatic rings. The monoisotopic (exact) mass is 448 g/mol. The first-order valence-electron chi connectivity index (χ1n) is 9.65. The van der Waals surface area contributed by atoms with E-state index >= 15 is 0 Å². The first-order valence-corrected chi connectivity index (χ1v) is 9.65. The van der Waals surface area contributed by atoms with Crippen molar-refractivity contribution in [2.45, 2.75) is 25.4 Å². The van der Waals surface area contributed by atoms with Gasteiger partial charge in [0.2, 0.25) is 0 Å². The van der Waals surface area contributed by atoms with Crippen LogP contribution in [0.4, 0.5) is 13.2 Å². The predicted octanol–water partition coefficient (Wildman–Crippen LogP) is 5.34. The molecular formula is C22H29Cl2F3N2. The number of rotatable bonds is 7. The van der Waals surface area contributed by atoms with Crippen LogP contribution in [0.5, 0.6) is 0 Å². The molecule has 0 amide bonds. The van der Waals surface area contributed by atoms with Gasteiger partial charge in [-0.15, -0.1) is 24.8 Å². The lowest BCUT2D eigenvalue weighted by atomic mass is 10.1. The molecule has 2 aromatic carbocycles. The number of hydrogen-bond donors (Lipinski definition) is 0. The minimum Gasteiger partial charge on any atom is -0.301 e. The summed E-state index contributed by atoms with van der Waals surface area (Å²) >= 11 is 0. The van der Waals surface area contributed by atoms with E-state index in [0.717, 1.165) is 57.7 Å². The Morgan fingerprint density at radius 2 is 1.17 bits per heavy atom. The van der Waals surface area contributed by atoms with Crippen molar-refractivity contribution in [3.8, 4) is 0 Å². The maximum absolute atomic E-state index is 12.6. The lowest BCUT2D eigenvalue weighted by Crippen LogP contribution is -2.47. The van der Waals surface area contributed by atoms with Gasteiger partial charge in [-0.2, -0.15) is 13.2 Å². The van der Waals surface area contributed by atoms with Crippen molar-refractivity contribution >= 4 is 24.8 Å². The second-order valence-electron chi connectivity index (χ2n) is 7.22. The molecule has 0 spiro atoms. The van der Waals surface area contributed by atoms with Crippen LogP contribution >= 0.6 is 24.8 Å². The minimum absolute atomic E-state index is 0. The summed E-state index contributed by atoms with van der Waals surface area (Å²) in [7, 11) is 0. The van der Waals surface area contributed by atoms with Crippen molar-refractivity contribution in [2.75, 3.05) is 39.3 Å². The fraction of sp³-hybridized carbons (Fsp3) is 0.455. The molecule has 1 aliphatic rings. The second kappa shape index (κ2) is 12.4. The Bertz CT molecular complexity index is 685. The van der Waals surface area contributed by atoms with Crippen LogP contribution < -0.4 is 0 Å². The van der Waals surface area contributed by atoms with Crippen LogP contribution in [0.1, 0.15) is 23.1 Å². The van der Waals surface area contributed by atoms with Crippen LogP contribution in [0, 0.1) is 0 Å². The van der Waals surface area contributed by atoms with Gasteiger partial charge in [0, 0.05) is 32.7 Å². The average molecular weight is 449 g/mol. The molecule has 0 aliphatic carbocycles. The summed E-state index contributed by atoms with van der Waals surface area (Å²) in [5.41, 5.74) is 1.79. The SMILES string of the molecule is Cl.Cl.FC(F)(F)c1ccc(CCN2CCN(CCCc3ccccc3)CC2)cc1. The van der Waals surface area contributed by atoms with E-state index in [1.807, 2.05) is 6.07 Å². The molecule has 0 aromatic heterocycles. The van der Waals surface area contributed by atoms with Crippen molar-refractivity contribution in [2.24, 2.45) is 0 Å². The van der Waals surface area contributed by atoms with Crippen LogP contribution in [-0.4, -0.2) is 49.1 Å². The third-order valence-electron chi connectivity index (χ3n) is 5.25. The summed E-state index contributed by atoms with van der Waals surface area (Å²) in [6.45, 7) is 6.24. The molecule has 0 bridgehead atoms. The summed E-state index contributed by atoms with van der Waals surface area (Å²) < 4.78 is 37.8. The normalized spacial score (nSPS) is 15.4. The molecule has 0 unspecified atom stereocenters. The van der Waals surface area contributed by atoms with Crippen LogP contribution in [0.25, 0.3) is 0 Å². The Morgan fingerprint density at radius 3 is 1.72 bits per heavy atom. The van der Waals surface area contributed by atoms with Crippen molar-refractivity contribution in [1.29, 1.82) is 0 Å². The second-order valence-corrected chi connectivity index (χ2v) is 7.22. The van der Waals surface area contributed by atoms with E-state index in [2.05, 4.69) is 34.1 Å². The summed E-state index contributed by atoms with van der Waals surface area (Å²) in [6, 6.07) is 16.1. The van der Waals surface area contributed by atoms with E-state index in [1.54, 1.807) is 12.1 Å². The number of nitrogens with zero attached hydrogens (tertiary/aromatic N) is 2. The number of alkyl halides is 3. The molecule has 29 heavy (non-hydrogen) atoms. The first-order chi connectivity index (χ1) is 13.0. The third kappa shape index (κ3) is 8.55. The van der Waals surface area contributed by atoms with E-state index in [4.69, 9.17) is 0 Å². The van der Waals surface area contributed by atoms with E-state index in [-0.39, 0.29) is 24.8 Å². The molecule has 2 nitrogen and oxygen atoms in total. The molecule has 0 atom stereocenters. The van der Waals surface area contributed by atoms with Crippen molar-refractivity contribution in [3.05, 3.63) is 71.3 Å². The van der Waals surface area contributed by atoms with Crippen LogP contribution in [0.2, 0.25) is 0 Å². The molecular weight excluding hydrogens is 420 g/mol. The molecule has 1 heterocycles. The quantitative estimate of drug-likeness (QED) is 0.563. The first kappa shape index (κ1) is 25.8. The molecule has 1 fully saturated rings. The summed E-state index contributed by atoms with van der Waals surface area (Å²) in [4.78, 5) is 4.92. The van der Waals surface area contributed by atoms with Crippen LogP contribution in [0.15, 0.2) is 54.6 Å². The van der Waals surface area contributed by atoms with Gasteiger partial charge in [-0.05, 0) is 49.1 Å². The van der Waals surface area contributed by atoms with Gasteiger partial charge in [-0.1, -0.05) is 42.5 Å².